The van der Waals surface area contributed by atoms with Crippen LogP contribution in [-0.4, -0.2) is 32.3 Å². The Morgan fingerprint density at radius 1 is 1.26 bits per heavy atom. The van der Waals surface area contributed by atoms with E-state index in [1.54, 1.807) is 25.3 Å². The van der Waals surface area contributed by atoms with Gasteiger partial charge in [-0.1, -0.05) is 0 Å². The SMILES string of the molecule is COC(=O)c1ccc(OC)c(OC2CCCC2N)c1. The van der Waals surface area contributed by atoms with Crippen molar-refractivity contribution >= 4 is 5.97 Å². The maximum absolute atomic E-state index is 11.5. The maximum atomic E-state index is 11.5. The molecule has 1 aliphatic carbocycles. The second-order valence-electron chi connectivity index (χ2n) is 4.61. The Morgan fingerprint density at radius 3 is 2.63 bits per heavy atom. The summed E-state index contributed by atoms with van der Waals surface area (Å²) in [6, 6.07) is 5.01. The maximum Gasteiger partial charge on any atom is 0.337 e. The van der Waals surface area contributed by atoms with Crippen LogP contribution in [0.5, 0.6) is 11.5 Å². The number of hydrogen-bond donors (Lipinski definition) is 1. The highest BCUT2D eigenvalue weighted by molar-refractivity contribution is 5.90. The van der Waals surface area contributed by atoms with Crippen LogP contribution in [0.15, 0.2) is 18.2 Å². The standard InChI is InChI=1S/C14H19NO4/c1-17-12-7-6-9(14(16)18-2)8-13(12)19-11-5-3-4-10(11)15/h6-8,10-11H,3-5,15H2,1-2H3. The van der Waals surface area contributed by atoms with E-state index in [9.17, 15) is 4.79 Å². The van der Waals surface area contributed by atoms with Crippen molar-refractivity contribution in [3.63, 3.8) is 0 Å². The molecule has 0 radical (unpaired) electrons. The predicted octanol–water partition coefficient (Wildman–Crippen LogP) is 1.74. The molecule has 0 saturated heterocycles. The molecular weight excluding hydrogens is 246 g/mol. The second-order valence-corrected chi connectivity index (χ2v) is 4.61. The molecule has 0 heterocycles. The average molecular weight is 265 g/mol. The molecule has 2 unspecified atom stereocenters. The van der Waals surface area contributed by atoms with E-state index in [1.165, 1.54) is 7.11 Å². The molecule has 0 amide bonds. The smallest absolute Gasteiger partial charge is 0.337 e. The third kappa shape index (κ3) is 2.98. The normalized spacial score (nSPS) is 22.1. The van der Waals surface area contributed by atoms with Crippen LogP contribution in [0.4, 0.5) is 0 Å². The lowest BCUT2D eigenvalue weighted by Gasteiger charge is -2.20. The van der Waals surface area contributed by atoms with Crippen molar-refractivity contribution in [1.29, 1.82) is 0 Å². The molecule has 1 aliphatic rings. The van der Waals surface area contributed by atoms with Gasteiger partial charge in [0.2, 0.25) is 0 Å². The van der Waals surface area contributed by atoms with Crippen LogP contribution in [0.3, 0.4) is 0 Å². The lowest BCUT2D eigenvalue weighted by molar-refractivity contribution is 0.0599. The summed E-state index contributed by atoms with van der Waals surface area (Å²) in [7, 11) is 2.91. The van der Waals surface area contributed by atoms with Crippen LogP contribution in [0, 0.1) is 0 Å². The van der Waals surface area contributed by atoms with E-state index in [0.717, 1.165) is 19.3 Å². The van der Waals surface area contributed by atoms with E-state index in [-0.39, 0.29) is 12.1 Å². The van der Waals surface area contributed by atoms with Crippen LogP contribution in [-0.2, 0) is 4.74 Å². The van der Waals surface area contributed by atoms with E-state index in [2.05, 4.69) is 0 Å². The second kappa shape index (κ2) is 5.93. The minimum Gasteiger partial charge on any atom is -0.493 e. The van der Waals surface area contributed by atoms with Gasteiger partial charge >= 0.3 is 5.97 Å². The third-order valence-electron chi connectivity index (χ3n) is 3.37. The van der Waals surface area contributed by atoms with Gasteiger partial charge in [-0.3, -0.25) is 0 Å². The summed E-state index contributed by atoms with van der Waals surface area (Å²) < 4.78 is 15.8. The summed E-state index contributed by atoms with van der Waals surface area (Å²) in [5, 5.41) is 0. The molecule has 5 nitrogen and oxygen atoms in total. The number of carbonyl (C=O) groups excluding carboxylic acids is 1. The van der Waals surface area contributed by atoms with Gasteiger partial charge in [0.25, 0.3) is 0 Å². The summed E-state index contributed by atoms with van der Waals surface area (Å²) >= 11 is 0. The molecule has 19 heavy (non-hydrogen) atoms. The van der Waals surface area contributed by atoms with Gasteiger partial charge in [-0.25, -0.2) is 4.79 Å². The van der Waals surface area contributed by atoms with Gasteiger partial charge in [-0.15, -0.1) is 0 Å². The Kier molecular flexibility index (Phi) is 4.27. The number of esters is 1. The van der Waals surface area contributed by atoms with Crippen molar-refractivity contribution in [3.8, 4) is 11.5 Å². The van der Waals surface area contributed by atoms with Gasteiger partial charge in [-0.05, 0) is 37.5 Å². The highest BCUT2D eigenvalue weighted by Gasteiger charge is 2.26. The first-order valence-corrected chi connectivity index (χ1v) is 6.34. The highest BCUT2D eigenvalue weighted by Crippen LogP contribution is 2.32. The molecule has 1 saturated carbocycles. The van der Waals surface area contributed by atoms with Crippen LogP contribution >= 0.6 is 0 Å². The van der Waals surface area contributed by atoms with Gasteiger partial charge in [0.1, 0.15) is 6.10 Å². The molecule has 104 valence electrons. The van der Waals surface area contributed by atoms with Gasteiger partial charge in [0.15, 0.2) is 11.5 Å². The lowest BCUT2D eigenvalue weighted by atomic mass is 10.2. The van der Waals surface area contributed by atoms with E-state index < -0.39 is 5.97 Å². The topological polar surface area (TPSA) is 70.8 Å². The molecule has 0 aliphatic heterocycles. The molecule has 1 aromatic rings. The van der Waals surface area contributed by atoms with Crippen molar-refractivity contribution in [2.75, 3.05) is 14.2 Å². The fourth-order valence-corrected chi connectivity index (χ4v) is 2.28. The number of rotatable bonds is 4. The molecule has 0 spiro atoms. The van der Waals surface area contributed by atoms with Gasteiger partial charge in [0, 0.05) is 6.04 Å². The quantitative estimate of drug-likeness (QED) is 0.840. The number of carbonyl (C=O) groups is 1. The first-order chi connectivity index (χ1) is 9.15. The molecule has 0 bridgehead atoms. The summed E-state index contributed by atoms with van der Waals surface area (Å²) in [6.07, 6.45) is 2.92. The van der Waals surface area contributed by atoms with Crippen molar-refractivity contribution in [2.24, 2.45) is 5.73 Å². The molecular formula is C14H19NO4. The zero-order valence-electron chi connectivity index (χ0n) is 11.2. The van der Waals surface area contributed by atoms with Gasteiger partial charge < -0.3 is 19.9 Å². The third-order valence-corrected chi connectivity index (χ3v) is 3.37. The average Bonchev–Trinajstić information content (AvgIpc) is 2.83. The van der Waals surface area contributed by atoms with Crippen LogP contribution in [0.1, 0.15) is 29.6 Å². The Hall–Kier alpha value is -1.75. The summed E-state index contributed by atoms with van der Waals surface area (Å²) in [5.74, 6) is 0.725. The van der Waals surface area contributed by atoms with E-state index >= 15 is 0 Å². The Morgan fingerprint density at radius 2 is 2.05 bits per heavy atom. The van der Waals surface area contributed by atoms with Crippen molar-refractivity contribution in [1.82, 2.24) is 0 Å². The van der Waals surface area contributed by atoms with Crippen LogP contribution in [0.2, 0.25) is 0 Å². The van der Waals surface area contributed by atoms with Crippen molar-refractivity contribution in [2.45, 2.75) is 31.4 Å². The molecule has 2 N–H and O–H groups in total. The Bertz CT molecular complexity index is 461. The molecule has 0 aromatic heterocycles. The minimum absolute atomic E-state index is 0.0261. The van der Waals surface area contributed by atoms with E-state index in [0.29, 0.717) is 17.1 Å². The molecule has 2 atom stereocenters. The zero-order chi connectivity index (χ0) is 13.8. The number of methoxy groups -OCH3 is 2. The predicted molar refractivity (Wildman–Crippen MR) is 70.6 cm³/mol. The number of nitrogens with two attached hydrogens (primary N) is 1. The molecule has 5 heteroatoms. The summed E-state index contributed by atoms with van der Waals surface area (Å²) in [4.78, 5) is 11.5. The van der Waals surface area contributed by atoms with Crippen LogP contribution < -0.4 is 15.2 Å². The van der Waals surface area contributed by atoms with Crippen molar-refractivity contribution in [3.05, 3.63) is 23.8 Å². The molecule has 2 rings (SSSR count). The summed E-state index contributed by atoms with van der Waals surface area (Å²) in [6.45, 7) is 0. The number of hydrogen-bond acceptors (Lipinski definition) is 5. The summed E-state index contributed by atoms with van der Waals surface area (Å²) in [5.41, 5.74) is 6.42. The van der Waals surface area contributed by atoms with E-state index in [4.69, 9.17) is 19.9 Å². The minimum atomic E-state index is -0.400. The Balaban J connectivity index is 2.23. The fraction of sp³-hybridized carbons (Fsp3) is 0.500. The van der Waals surface area contributed by atoms with Crippen molar-refractivity contribution < 1.29 is 19.0 Å². The monoisotopic (exact) mass is 265 g/mol. The van der Waals surface area contributed by atoms with Gasteiger partial charge in [0.05, 0.1) is 19.8 Å². The van der Waals surface area contributed by atoms with Gasteiger partial charge in [-0.2, -0.15) is 0 Å². The Labute approximate surface area is 112 Å². The largest absolute Gasteiger partial charge is 0.493 e. The molecule has 1 fully saturated rings. The van der Waals surface area contributed by atoms with Crippen LogP contribution in [0.25, 0.3) is 0 Å². The lowest BCUT2D eigenvalue weighted by Crippen LogP contribution is -2.33. The zero-order valence-corrected chi connectivity index (χ0v) is 11.2. The fourth-order valence-electron chi connectivity index (χ4n) is 2.28. The van der Waals surface area contributed by atoms with E-state index in [1.807, 2.05) is 0 Å². The highest BCUT2D eigenvalue weighted by atomic mass is 16.5. The number of ether oxygens (including phenoxy) is 3. The number of benzene rings is 1. The first kappa shape index (κ1) is 13.7. The first-order valence-electron chi connectivity index (χ1n) is 6.34. The molecule has 1 aromatic carbocycles.